The number of carbonyl (C=O) groups is 1. The number of carbonyl (C=O) groups excluding carboxylic acids is 1. The number of aromatic hydroxyl groups is 1. The zero-order valence-corrected chi connectivity index (χ0v) is 18.6. The van der Waals surface area contributed by atoms with E-state index in [0.717, 1.165) is 40.9 Å². The van der Waals surface area contributed by atoms with Crippen molar-refractivity contribution < 1.29 is 9.90 Å². The number of nitrogens with one attached hydrogen (secondary N) is 2. The summed E-state index contributed by atoms with van der Waals surface area (Å²) >= 11 is 2.86. The molecule has 2 saturated heterocycles. The fourth-order valence-corrected chi connectivity index (χ4v) is 5.08. The molecule has 2 aromatic rings. The lowest BCUT2D eigenvalue weighted by molar-refractivity contribution is -0.115. The molecule has 0 aliphatic carbocycles. The van der Waals surface area contributed by atoms with Crippen LogP contribution in [-0.4, -0.2) is 52.7 Å². The van der Waals surface area contributed by atoms with Gasteiger partial charge in [-0.2, -0.15) is 0 Å². The molecule has 2 aliphatic rings. The van der Waals surface area contributed by atoms with Crippen LogP contribution in [0, 0.1) is 12.8 Å². The Kier molecular flexibility index (Phi) is 6.40. The Hall–Kier alpha value is -2.36. The van der Waals surface area contributed by atoms with E-state index in [2.05, 4.69) is 32.6 Å². The van der Waals surface area contributed by atoms with Crippen LogP contribution in [0.15, 0.2) is 34.3 Å². The number of anilines is 1. The quantitative estimate of drug-likeness (QED) is 0.609. The number of amidine groups is 1. The second kappa shape index (κ2) is 9.20. The molecule has 1 aromatic carbocycles. The number of phenols is 1. The van der Waals surface area contributed by atoms with Gasteiger partial charge in [0, 0.05) is 12.7 Å². The topological polar surface area (TPSA) is 89.9 Å². The number of hydrogen-bond donors (Lipinski definition) is 3. The molecule has 2 fully saturated rings. The number of aryl methyl sites for hydroxylation is 1. The molecule has 30 heavy (non-hydrogen) atoms. The molecule has 1 amide bonds. The van der Waals surface area contributed by atoms with E-state index in [1.807, 2.05) is 13.0 Å². The number of piperidine rings is 1. The molecule has 2 aliphatic heterocycles. The number of thiazole rings is 1. The minimum atomic E-state index is -0.163. The largest absolute Gasteiger partial charge is 0.508 e. The molecule has 0 radical (unpaired) electrons. The zero-order chi connectivity index (χ0) is 21.1. The summed E-state index contributed by atoms with van der Waals surface area (Å²) in [6.07, 6.45) is 6.07. The highest BCUT2D eigenvalue weighted by Gasteiger charge is 2.24. The van der Waals surface area contributed by atoms with E-state index >= 15 is 0 Å². The Morgan fingerprint density at radius 1 is 1.40 bits per heavy atom. The Labute approximate surface area is 184 Å². The lowest BCUT2D eigenvalue weighted by Crippen LogP contribution is -2.32. The van der Waals surface area contributed by atoms with Crippen LogP contribution in [-0.2, 0) is 4.79 Å². The molecule has 9 heteroatoms. The minimum Gasteiger partial charge on any atom is -0.508 e. The van der Waals surface area contributed by atoms with Gasteiger partial charge in [0.1, 0.15) is 5.75 Å². The number of benzene rings is 1. The average Bonchev–Trinajstić information content (AvgIpc) is 3.30. The Morgan fingerprint density at radius 3 is 2.97 bits per heavy atom. The van der Waals surface area contributed by atoms with Crippen molar-refractivity contribution in [3.8, 4) is 5.75 Å². The second-order valence-corrected chi connectivity index (χ2v) is 9.74. The molecule has 3 N–H and O–H groups in total. The first-order valence-corrected chi connectivity index (χ1v) is 11.6. The molecule has 0 spiro atoms. The van der Waals surface area contributed by atoms with E-state index in [9.17, 15) is 9.90 Å². The fraction of sp³-hybridized carbons (Fsp3) is 0.381. The third-order valence-electron chi connectivity index (χ3n) is 5.23. The van der Waals surface area contributed by atoms with Crippen molar-refractivity contribution in [2.24, 2.45) is 10.9 Å². The minimum absolute atomic E-state index is 0.163. The number of nitrogens with zero attached hydrogens (tertiary/aromatic N) is 3. The van der Waals surface area contributed by atoms with Gasteiger partial charge in [-0.1, -0.05) is 11.3 Å². The number of aliphatic imine (C=N–C) groups is 1. The summed E-state index contributed by atoms with van der Waals surface area (Å²) in [5.74, 6) is 0.722. The van der Waals surface area contributed by atoms with Crippen LogP contribution in [0.5, 0.6) is 5.75 Å². The van der Waals surface area contributed by atoms with E-state index < -0.39 is 0 Å². The van der Waals surface area contributed by atoms with Crippen LogP contribution in [0.3, 0.4) is 0 Å². The highest BCUT2D eigenvalue weighted by molar-refractivity contribution is 8.18. The van der Waals surface area contributed by atoms with Gasteiger partial charge in [-0.05, 0) is 87.4 Å². The molecule has 0 atom stereocenters. The van der Waals surface area contributed by atoms with Crippen molar-refractivity contribution in [3.05, 3.63) is 39.7 Å². The maximum absolute atomic E-state index is 12.3. The average molecular weight is 444 g/mol. The van der Waals surface area contributed by atoms with Crippen molar-refractivity contribution in [1.82, 2.24) is 15.2 Å². The maximum Gasteiger partial charge on any atom is 0.264 e. The number of amides is 1. The molecular formula is C21H25N5O2S2. The molecule has 1 aromatic heterocycles. The Balaban J connectivity index is 1.38. The molecule has 0 bridgehead atoms. The summed E-state index contributed by atoms with van der Waals surface area (Å²) in [6, 6.07) is 4.97. The van der Waals surface area contributed by atoms with Crippen molar-refractivity contribution in [2.45, 2.75) is 19.8 Å². The zero-order valence-electron chi connectivity index (χ0n) is 17.0. The lowest BCUT2D eigenvalue weighted by atomic mass is 9.97. The van der Waals surface area contributed by atoms with Gasteiger partial charge in [0.05, 0.1) is 15.5 Å². The number of aromatic nitrogens is 1. The maximum atomic E-state index is 12.3. The smallest absolute Gasteiger partial charge is 0.264 e. The molecular weight excluding hydrogens is 418 g/mol. The number of rotatable bonds is 5. The van der Waals surface area contributed by atoms with Crippen LogP contribution in [0.4, 0.5) is 10.8 Å². The predicted molar refractivity (Wildman–Crippen MR) is 124 cm³/mol. The van der Waals surface area contributed by atoms with Gasteiger partial charge in [-0.3, -0.25) is 4.79 Å². The molecule has 4 rings (SSSR count). The van der Waals surface area contributed by atoms with Gasteiger partial charge < -0.3 is 20.6 Å². The molecule has 0 unspecified atom stereocenters. The first kappa shape index (κ1) is 20.9. The Bertz CT molecular complexity index is 993. The van der Waals surface area contributed by atoms with Gasteiger partial charge in [0.2, 0.25) is 0 Å². The van der Waals surface area contributed by atoms with Crippen molar-refractivity contribution >= 4 is 51.1 Å². The van der Waals surface area contributed by atoms with Gasteiger partial charge >= 0.3 is 0 Å². The monoisotopic (exact) mass is 443 g/mol. The predicted octanol–water partition coefficient (Wildman–Crippen LogP) is 3.80. The normalized spacial score (nSPS) is 20.8. The van der Waals surface area contributed by atoms with Crippen LogP contribution < -0.4 is 10.6 Å². The van der Waals surface area contributed by atoms with Gasteiger partial charge in [-0.25, -0.2) is 9.98 Å². The van der Waals surface area contributed by atoms with E-state index in [1.165, 1.54) is 24.6 Å². The first-order chi connectivity index (χ1) is 14.5. The number of likely N-dealkylation sites (tertiary alicyclic amines) is 1. The van der Waals surface area contributed by atoms with Crippen molar-refractivity contribution in [3.63, 3.8) is 0 Å². The number of phenolic OH excluding ortho intramolecular Hbond substituents is 1. The van der Waals surface area contributed by atoms with Crippen LogP contribution in [0.2, 0.25) is 0 Å². The van der Waals surface area contributed by atoms with Crippen molar-refractivity contribution in [1.29, 1.82) is 0 Å². The summed E-state index contributed by atoms with van der Waals surface area (Å²) in [6.45, 7) is 5.12. The first-order valence-electron chi connectivity index (χ1n) is 9.94. The molecule has 0 saturated carbocycles. The number of hydrogen-bond acceptors (Lipinski definition) is 8. The summed E-state index contributed by atoms with van der Waals surface area (Å²) in [5, 5.41) is 17.2. The number of thioether (sulfide) groups is 1. The SMILES string of the molecule is Cc1cc(O)ccc1N=C1NC(=O)C(=Cc2cnc(NCC3CCN(C)CC3)s2)S1. The lowest BCUT2D eigenvalue weighted by Gasteiger charge is -2.28. The molecule has 7 nitrogen and oxygen atoms in total. The standard InChI is InChI=1S/C21H25N5O2S2/c1-13-9-15(27)3-4-17(13)24-21-25-19(28)18(30-21)10-16-12-23-20(29-16)22-11-14-5-7-26(2)8-6-14/h3-4,9-10,12,14,27H,5-8,11H2,1-2H3,(H,22,23)(H,24,25,28). The fourth-order valence-electron chi connectivity index (χ4n) is 3.42. The van der Waals surface area contributed by atoms with Crippen LogP contribution in [0.25, 0.3) is 6.08 Å². The summed E-state index contributed by atoms with van der Waals surface area (Å²) in [4.78, 5) is 25.2. The van der Waals surface area contributed by atoms with Crippen LogP contribution >= 0.6 is 23.1 Å². The summed E-state index contributed by atoms with van der Waals surface area (Å²) < 4.78 is 0. The highest BCUT2D eigenvalue weighted by Crippen LogP contribution is 2.31. The third kappa shape index (κ3) is 5.21. The van der Waals surface area contributed by atoms with Gasteiger partial charge in [0.25, 0.3) is 5.91 Å². The molecule has 3 heterocycles. The van der Waals surface area contributed by atoms with E-state index in [1.54, 1.807) is 35.7 Å². The second-order valence-electron chi connectivity index (χ2n) is 7.65. The third-order valence-corrected chi connectivity index (χ3v) is 7.04. The molecule has 158 valence electrons. The van der Waals surface area contributed by atoms with E-state index in [-0.39, 0.29) is 11.7 Å². The summed E-state index contributed by atoms with van der Waals surface area (Å²) in [5.41, 5.74) is 1.56. The Morgan fingerprint density at radius 2 is 2.20 bits per heavy atom. The van der Waals surface area contributed by atoms with Gasteiger partial charge in [0.15, 0.2) is 10.3 Å². The van der Waals surface area contributed by atoms with E-state index in [0.29, 0.717) is 16.0 Å². The summed E-state index contributed by atoms with van der Waals surface area (Å²) in [7, 11) is 2.17. The van der Waals surface area contributed by atoms with Crippen LogP contribution in [0.1, 0.15) is 23.3 Å². The highest BCUT2D eigenvalue weighted by atomic mass is 32.2. The van der Waals surface area contributed by atoms with Crippen molar-refractivity contribution in [2.75, 3.05) is 32.0 Å². The van der Waals surface area contributed by atoms with E-state index in [4.69, 9.17) is 0 Å². The van der Waals surface area contributed by atoms with Gasteiger partial charge in [-0.15, -0.1) is 0 Å².